The van der Waals surface area contributed by atoms with E-state index in [1.165, 1.54) is 0 Å². The van der Waals surface area contributed by atoms with E-state index in [1.54, 1.807) is 26.0 Å². The zero-order chi connectivity index (χ0) is 20.5. The van der Waals surface area contributed by atoms with E-state index in [0.717, 1.165) is 11.1 Å². The molecule has 2 aromatic rings. The lowest BCUT2D eigenvalue weighted by molar-refractivity contribution is -0.141. The first-order valence-corrected chi connectivity index (χ1v) is 8.95. The number of rotatable bonds is 6. The average molecular weight is 381 g/mol. The quantitative estimate of drug-likeness (QED) is 0.404. The maximum Gasteiger partial charge on any atom is 0.327 e. The molecule has 0 unspecified atom stereocenters. The predicted octanol–water partition coefficient (Wildman–Crippen LogP) is 1.99. The third kappa shape index (κ3) is 6.35. The van der Waals surface area contributed by atoms with Crippen molar-refractivity contribution >= 4 is 23.5 Å². The van der Waals surface area contributed by atoms with Crippen LogP contribution >= 0.6 is 0 Å². The number of hydrogen-bond donors (Lipinski definition) is 3. The van der Waals surface area contributed by atoms with E-state index >= 15 is 0 Å². The van der Waals surface area contributed by atoms with Gasteiger partial charge in [0.15, 0.2) is 5.78 Å². The first kappa shape index (κ1) is 20.8. The molecule has 146 valence electrons. The number of carbonyl (C=O) groups is 4. The van der Waals surface area contributed by atoms with Gasteiger partial charge in [-0.05, 0) is 25.0 Å². The Balaban J connectivity index is 1.79. The van der Waals surface area contributed by atoms with Crippen LogP contribution in [-0.2, 0) is 14.4 Å². The van der Waals surface area contributed by atoms with E-state index in [2.05, 4.69) is 10.7 Å². The predicted molar refractivity (Wildman–Crippen MR) is 105 cm³/mol. The molecule has 0 heterocycles. The highest BCUT2D eigenvalue weighted by Gasteiger charge is 2.15. The Kier molecular flexibility index (Phi) is 7.45. The van der Waals surface area contributed by atoms with Crippen molar-refractivity contribution < 1.29 is 19.2 Å². The third-order valence-electron chi connectivity index (χ3n) is 3.83. The zero-order valence-corrected chi connectivity index (χ0v) is 15.8. The summed E-state index contributed by atoms with van der Waals surface area (Å²) in [6, 6.07) is 16.8. The summed E-state index contributed by atoms with van der Waals surface area (Å²) in [6.45, 7) is 3.42. The van der Waals surface area contributed by atoms with Gasteiger partial charge < -0.3 is 5.32 Å². The van der Waals surface area contributed by atoms with E-state index in [-0.39, 0.29) is 24.7 Å². The molecule has 0 radical (unpaired) electrons. The fraction of sp³-hybridized carbons (Fsp3) is 0.238. The highest BCUT2D eigenvalue weighted by molar-refractivity contribution is 6.35. The van der Waals surface area contributed by atoms with Gasteiger partial charge in [-0.2, -0.15) is 0 Å². The highest BCUT2D eigenvalue weighted by atomic mass is 16.2. The van der Waals surface area contributed by atoms with Crippen LogP contribution in [0.3, 0.4) is 0 Å². The van der Waals surface area contributed by atoms with Gasteiger partial charge in [0, 0.05) is 24.4 Å². The van der Waals surface area contributed by atoms with E-state index in [0.29, 0.717) is 5.56 Å². The second-order valence-electron chi connectivity index (χ2n) is 6.50. The summed E-state index contributed by atoms with van der Waals surface area (Å²) in [6.07, 6.45) is -0.115. The van der Waals surface area contributed by atoms with Gasteiger partial charge in [-0.3, -0.25) is 30.0 Å². The molecule has 2 rings (SSSR count). The summed E-state index contributed by atoms with van der Waals surface area (Å²) in [7, 11) is 0. The Morgan fingerprint density at radius 2 is 1.36 bits per heavy atom. The molecule has 2 aromatic carbocycles. The van der Waals surface area contributed by atoms with Crippen molar-refractivity contribution in [1.29, 1.82) is 0 Å². The molecule has 0 aliphatic heterocycles. The molecular weight excluding hydrogens is 358 g/mol. The van der Waals surface area contributed by atoms with Crippen molar-refractivity contribution in [1.82, 2.24) is 16.2 Å². The lowest BCUT2D eigenvalue weighted by Gasteiger charge is -2.09. The Hall–Kier alpha value is -3.48. The number of ketones is 1. The first-order valence-electron chi connectivity index (χ1n) is 8.95. The maximum atomic E-state index is 12.2. The molecule has 7 heteroatoms. The number of amides is 3. The summed E-state index contributed by atoms with van der Waals surface area (Å²) < 4.78 is 0. The van der Waals surface area contributed by atoms with Gasteiger partial charge in [-0.15, -0.1) is 0 Å². The van der Waals surface area contributed by atoms with Crippen molar-refractivity contribution in [3.8, 4) is 11.1 Å². The monoisotopic (exact) mass is 381 g/mol. The summed E-state index contributed by atoms with van der Waals surface area (Å²) >= 11 is 0. The molecule has 0 aliphatic rings. The topological polar surface area (TPSA) is 104 Å². The van der Waals surface area contributed by atoms with Crippen molar-refractivity contribution in [2.24, 2.45) is 0 Å². The van der Waals surface area contributed by atoms with Crippen LogP contribution in [0.4, 0.5) is 0 Å². The maximum absolute atomic E-state index is 12.2. The average Bonchev–Trinajstić information content (AvgIpc) is 2.70. The van der Waals surface area contributed by atoms with Crippen molar-refractivity contribution in [3.05, 3.63) is 60.2 Å². The second kappa shape index (κ2) is 10.0. The molecule has 3 amide bonds. The fourth-order valence-electron chi connectivity index (χ4n) is 2.42. The highest BCUT2D eigenvalue weighted by Crippen LogP contribution is 2.19. The van der Waals surface area contributed by atoms with Crippen molar-refractivity contribution in [3.63, 3.8) is 0 Å². The molecule has 0 saturated heterocycles. The SMILES string of the molecule is CC(C)NC(=O)C(=O)NNC(=O)CCC(=O)c1ccc(-c2ccccc2)cc1. The molecule has 0 fully saturated rings. The minimum Gasteiger partial charge on any atom is -0.346 e. The summed E-state index contributed by atoms with van der Waals surface area (Å²) in [5, 5.41) is 2.40. The first-order chi connectivity index (χ1) is 13.4. The van der Waals surface area contributed by atoms with Gasteiger partial charge >= 0.3 is 11.8 Å². The van der Waals surface area contributed by atoms with Gasteiger partial charge in [0.05, 0.1) is 0 Å². The van der Waals surface area contributed by atoms with Crippen LogP contribution in [0.2, 0.25) is 0 Å². The number of hydrogen-bond acceptors (Lipinski definition) is 4. The minimum atomic E-state index is -0.968. The number of carbonyl (C=O) groups excluding carboxylic acids is 4. The molecule has 7 nitrogen and oxygen atoms in total. The number of nitrogens with one attached hydrogen (secondary N) is 3. The van der Waals surface area contributed by atoms with Crippen LogP contribution in [0.1, 0.15) is 37.0 Å². The van der Waals surface area contributed by atoms with Crippen LogP contribution in [-0.4, -0.2) is 29.5 Å². The lowest BCUT2D eigenvalue weighted by Crippen LogP contribution is -2.49. The zero-order valence-electron chi connectivity index (χ0n) is 15.8. The normalized spacial score (nSPS) is 10.2. The number of benzene rings is 2. The summed E-state index contributed by atoms with van der Waals surface area (Å²) in [4.78, 5) is 46.9. The molecule has 3 N–H and O–H groups in total. The fourth-order valence-corrected chi connectivity index (χ4v) is 2.42. The molecule has 0 saturated carbocycles. The van der Waals surface area contributed by atoms with Crippen molar-refractivity contribution in [2.75, 3.05) is 0 Å². The smallest absolute Gasteiger partial charge is 0.327 e. The Labute approximate surface area is 163 Å². The Bertz CT molecular complexity index is 846. The van der Waals surface area contributed by atoms with Crippen LogP contribution in [0, 0.1) is 0 Å². The standard InChI is InChI=1S/C21H23N3O4/c1-14(2)22-20(27)21(28)24-23-19(26)13-12-18(25)17-10-8-16(9-11-17)15-6-4-3-5-7-15/h3-11,14H,12-13H2,1-2H3,(H,22,27)(H,23,26)(H,24,28). The number of Topliss-reactive ketones (excluding diaryl/α,β-unsaturated/α-hetero) is 1. The van der Waals surface area contributed by atoms with Crippen molar-refractivity contribution in [2.45, 2.75) is 32.7 Å². The van der Waals surface area contributed by atoms with Crippen LogP contribution in [0.15, 0.2) is 54.6 Å². The molecule has 0 bridgehead atoms. The van der Waals surface area contributed by atoms with Crippen LogP contribution < -0.4 is 16.2 Å². The van der Waals surface area contributed by atoms with Gasteiger partial charge in [0.2, 0.25) is 5.91 Å². The minimum absolute atomic E-state index is 0.00935. The van der Waals surface area contributed by atoms with Gasteiger partial charge in [-0.25, -0.2) is 0 Å². The second-order valence-corrected chi connectivity index (χ2v) is 6.50. The van der Waals surface area contributed by atoms with E-state index in [9.17, 15) is 19.2 Å². The van der Waals surface area contributed by atoms with E-state index in [1.807, 2.05) is 47.9 Å². The molecule has 0 atom stereocenters. The molecule has 28 heavy (non-hydrogen) atoms. The molecule has 0 aromatic heterocycles. The lowest BCUT2D eigenvalue weighted by atomic mass is 10.0. The van der Waals surface area contributed by atoms with Crippen LogP contribution in [0.5, 0.6) is 0 Å². The third-order valence-corrected chi connectivity index (χ3v) is 3.83. The molecule has 0 aliphatic carbocycles. The van der Waals surface area contributed by atoms with Crippen LogP contribution in [0.25, 0.3) is 11.1 Å². The van der Waals surface area contributed by atoms with Gasteiger partial charge in [-0.1, -0.05) is 54.6 Å². The van der Waals surface area contributed by atoms with E-state index < -0.39 is 17.7 Å². The van der Waals surface area contributed by atoms with E-state index in [4.69, 9.17) is 0 Å². The Morgan fingerprint density at radius 3 is 1.96 bits per heavy atom. The largest absolute Gasteiger partial charge is 0.346 e. The summed E-state index contributed by atoms with van der Waals surface area (Å²) in [5.74, 6) is -2.55. The Morgan fingerprint density at radius 1 is 0.750 bits per heavy atom. The number of hydrazine groups is 1. The molecular formula is C21H23N3O4. The van der Waals surface area contributed by atoms with Gasteiger partial charge in [0.1, 0.15) is 0 Å². The van der Waals surface area contributed by atoms with Gasteiger partial charge in [0.25, 0.3) is 0 Å². The summed E-state index contributed by atoms with van der Waals surface area (Å²) in [5.41, 5.74) is 6.70. The molecule has 0 spiro atoms.